The van der Waals surface area contributed by atoms with Crippen molar-refractivity contribution in [3.8, 4) is 0 Å². The molecule has 0 aromatic heterocycles. The number of hydrogen-bond donors (Lipinski definition) is 2. The fraction of sp³-hybridized carbons (Fsp3) is 1.00. The van der Waals surface area contributed by atoms with Crippen LogP contribution in [-0.4, -0.2) is 102 Å². The first-order valence-electron chi connectivity index (χ1n) is 10.4. The van der Waals surface area contributed by atoms with Crippen LogP contribution in [0.3, 0.4) is 0 Å². The van der Waals surface area contributed by atoms with E-state index in [1.54, 1.807) is 14.2 Å². The molecule has 26 heavy (non-hydrogen) atoms. The van der Waals surface area contributed by atoms with Gasteiger partial charge >= 0.3 is 0 Å². The summed E-state index contributed by atoms with van der Waals surface area (Å²) in [5.74, 6) is 0. The molecular weight excluding hydrogens is 328 g/mol. The zero-order chi connectivity index (χ0) is 19.4. The smallest absolute Gasteiger partial charge is 0.0480 e. The number of piperazine rings is 2. The second-order valence-electron chi connectivity index (χ2n) is 7.79. The van der Waals surface area contributed by atoms with Gasteiger partial charge in [0.05, 0.1) is 0 Å². The predicted octanol–water partition coefficient (Wildman–Crippen LogP) is 1.41. The average molecular weight is 373 g/mol. The summed E-state index contributed by atoms with van der Waals surface area (Å²) in [7, 11) is 7.93. The Bertz CT molecular complexity index is 359. The summed E-state index contributed by atoms with van der Waals surface area (Å²) in [4.78, 5) is 4.81. The number of nitrogens with zero attached hydrogens (tertiary/aromatic N) is 2. The van der Waals surface area contributed by atoms with Gasteiger partial charge in [-0.1, -0.05) is 13.8 Å². The molecule has 2 bridgehead atoms. The lowest BCUT2D eigenvalue weighted by Crippen LogP contribution is -2.58. The number of likely N-dealkylation sites (N-methyl/N-ethyl adjacent to an activating group) is 2. The van der Waals surface area contributed by atoms with Gasteiger partial charge in [0.25, 0.3) is 0 Å². The molecule has 0 aromatic carbocycles. The van der Waals surface area contributed by atoms with Gasteiger partial charge in [0, 0.05) is 77.8 Å². The molecule has 3 rings (SSSR count). The third-order valence-electron chi connectivity index (χ3n) is 5.50. The molecule has 2 N–H and O–H groups in total. The topological polar surface area (TPSA) is 49.0 Å². The Morgan fingerprint density at radius 1 is 1.04 bits per heavy atom. The Morgan fingerprint density at radius 2 is 1.77 bits per heavy atom. The Labute approximate surface area is 162 Å². The molecule has 3 heterocycles. The van der Waals surface area contributed by atoms with Crippen molar-refractivity contribution in [2.24, 2.45) is 0 Å². The van der Waals surface area contributed by atoms with E-state index in [0.717, 1.165) is 45.2 Å². The molecule has 3 fully saturated rings. The molecule has 6 nitrogen and oxygen atoms in total. The van der Waals surface area contributed by atoms with E-state index in [2.05, 4.69) is 34.5 Å². The maximum atomic E-state index is 5.17. The van der Waals surface area contributed by atoms with E-state index in [1.165, 1.54) is 32.5 Å². The quantitative estimate of drug-likeness (QED) is 0.735. The third-order valence-corrected chi connectivity index (χ3v) is 5.50. The second-order valence-corrected chi connectivity index (χ2v) is 7.79. The van der Waals surface area contributed by atoms with E-state index in [9.17, 15) is 0 Å². The minimum Gasteiger partial charge on any atom is -0.385 e. The first kappa shape index (κ1) is 23.8. The maximum absolute atomic E-state index is 5.17. The maximum Gasteiger partial charge on any atom is 0.0480 e. The zero-order valence-electron chi connectivity index (χ0n) is 18.1. The normalized spacial score (nSPS) is 31.6. The highest BCUT2D eigenvalue weighted by atomic mass is 16.5. The van der Waals surface area contributed by atoms with E-state index in [0.29, 0.717) is 11.6 Å². The molecule has 3 aliphatic rings. The standard InChI is InChI=1S/C10H20N2O.C8H18N2O.C2H6/c1-12-7-9-3-4-10(8-12,11-9)5-6-13-2;1-10-5-4-9-8(7-10)3-6-11-2;1-2/h9,11H,3-8H2,1-2H3;8-9H,3-7H2,1-2H3;1-2H3. The number of nitrogens with one attached hydrogen (secondary N) is 2. The van der Waals surface area contributed by atoms with Crippen LogP contribution in [0.15, 0.2) is 0 Å². The summed E-state index contributed by atoms with van der Waals surface area (Å²) in [6.07, 6.45) is 4.95. The molecule has 3 atom stereocenters. The first-order chi connectivity index (χ1) is 12.6. The molecule has 6 heteroatoms. The van der Waals surface area contributed by atoms with E-state index in [1.807, 2.05) is 13.8 Å². The summed E-state index contributed by atoms with van der Waals surface area (Å²) in [5.41, 5.74) is 0.369. The SMILES string of the molecule is CC.COCCC12CCC(CN(C)C1)N2.COCCC1CN(C)CCN1. The predicted molar refractivity (Wildman–Crippen MR) is 110 cm³/mol. The van der Waals surface area contributed by atoms with Gasteiger partial charge in [-0.05, 0) is 39.8 Å². The van der Waals surface area contributed by atoms with Gasteiger partial charge in [-0.3, -0.25) is 0 Å². The fourth-order valence-electron chi connectivity index (χ4n) is 4.27. The number of rotatable bonds is 6. The van der Waals surface area contributed by atoms with E-state index >= 15 is 0 Å². The van der Waals surface area contributed by atoms with Crippen molar-refractivity contribution in [2.45, 2.75) is 57.2 Å². The highest BCUT2D eigenvalue weighted by Gasteiger charge is 2.42. The van der Waals surface area contributed by atoms with Crippen molar-refractivity contribution in [3.63, 3.8) is 0 Å². The molecule has 0 saturated carbocycles. The molecule has 0 spiro atoms. The number of fused-ring (bicyclic) bond motifs is 2. The zero-order valence-corrected chi connectivity index (χ0v) is 18.1. The average Bonchev–Trinajstić information content (AvgIpc) is 2.95. The molecule has 3 saturated heterocycles. The molecule has 3 unspecified atom stereocenters. The third kappa shape index (κ3) is 8.19. The summed E-state index contributed by atoms with van der Waals surface area (Å²) in [6, 6.07) is 1.37. The van der Waals surface area contributed by atoms with Crippen molar-refractivity contribution >= 4 is 0 Å². The van der Waals surface area contributed by atoms with Gasteiger partial charge < -0.3 is 29.9 Å². The van der Waals surface area contributed by atoms with Gasteiger partial charge in [0.15, 0.2) is 0 Å². The number of methoxy groups -OCH3 is 2. The monoisotopic (exact) mass is 372 g/mol. The van der Waals surface area contributed by atoms with Gasteiger partial charge in [-0.15, -0.1) is 0 Å². The first-order valence-corrected chi connectivity index (χ1v) is 10.4. The van der Waals surface area contributed by atoms with E-state index in [-0.39, 0.29) is 0 Å². The molecule has 0 aliphatic carbocycles. The van der Waals surface area contributed by atoms with Gasteiger partial charge in [0.1, 0.15) is 0 Å². The summed E-state index contributed by atoms with van der Waals surface area (Å²) >= 11 is 0. The minimum absolute atomic E-state index is 0.369. The Kier molecular flexibility index (Phi) is 11.9. The van der Waals surface area contributed by atoms with Crippen molar-refractivity contribution in [1.82, 2.24) is 20.4 Å². The molecule has 0 radical (unpaired) electrons. The fourth-order valence-corrected chi connectivity index (χ4v) is 4.27. The van der Waals surface area contributed by atoms with Gasteiger partial charge in [-0.25, -0.2) is 0 Å². The Morgan fingerprint density at radius 3 is 2.42 bits per heavy atom. The van der Waals surface area contributed by atoms with Crippen molar-refractivity contribution in [3.05, 3.63) is 0 Å². The van der Waals surface area contributed by atoms with Crippen LogP contribution in [0.2, 0.25) is 0 Å². The summed E-state index contributed by atoms with van der Waals surface area (Å²) in [6.45, 7) is 11.6. The molecule has 0 aromatic rings. The van der Waals surface area contributed by atoms with Crippen molar-refractivity contribution in [1.29, 1.82) is 0 Å². The second kappa shape index (κ2) is 13.0. The highest BCUT2D eigenvalue weighted by molar-refractivity contribution is 5.03. The summed E-state index contributed by atoms with van der Waals surface area (Å²) in [5, 5.41) is 7.21. The van der Waals surface area contributed by atoms with Crippen molar-refractivity contribution < 1.29 is 9.47 Å². The van der Waals surface area contributed by atoms with Crippen LogP contribution in [0.1, 0.15) is 39.5 Å². The number of likely N-dealkylation sites (tertiary alicyclic amines) is 1. The number of hydrogen-bond acceptors (Lipinski definition) is 6. The van der Waals surface area contributed by atoms with Crippen LogP contribution < -0.4 is 10.6 Å². The van der Waals surface area contributed by atoms with E-state index < -0.39 is 0 Å². The lowest BCUT2D eigenvalue weighted by Gasteiger charge is -2.39. The van der Waals surface area contributed by atoms with Crippen molar-refractivity contribution in [2.75, 3.05) is 74.3 Å². The molecular formula is C20H44N4O2. The van der Waals surface area contributed by atoms with Gasteiger partial charge in [-0.2, -0.15) is 0 Å². The van der Waals surface area contributed by atoms with Crippen LogP contribution >= 0.6 is 0 Å². The van der Waals surface area contributed by atoms with Crippen LogP contribution in [0.25, 0.3) is 0 Å². The highest BCUT2D eigenvalue weighted by Crippen LogP contribution is 2.31. The van der Waals surface area contributed by atoms with Crippen LogP contribution in [0.4, 0.5) is 0 Å². The lowest BCUT2D eigenvalue weighted by atomic mass is 9.93. The molecule has 156 valence electrons. The number of ether oxygens (including phenoxy) is 2. The van der Waals surface area contributed by atoms with Crippen LogP contribution in [-0.2, 0) is 9.47 Å². The minimum atomic E-state index is 0.369. The Hall–Kier alpha value is -0.240. The largest absolute Gasteiger partial charge is 0.385 e. The molecule has 3 aliphatic heterocycles. The summed E-state index contributed by atoms with van der Waals surface area (Å²) < 4.78 is 10.2. The van der Waals surface area contributed by atoms with Crippen LogP contribution in [0.5, 0.6) is 0 Å². The van der Waals surface area contributed by atoms with Gasteiger partial charge in [0.2, 0.25) is 0 Å². The van der Waals surface area contributed by atoms with E-state index in [4.69, 9.17) is 9.47 Å². The van der Waals surface area contributed by atoms with Crippen LogP contribution in [0, 0.1) is 0 Å². The lowest BCUT2D eigenvalue weighted by molar-refractivity contribution is 0.113. The Balaban J connectivity index is 0.000000241. The molecule has 0 amide bonds.